The van der Waals surface area contributed by atoms with E-state index in [0.29, 0.717) is 11.3 Å². The van der Waals surface area contributed by atoms with Crippen molar-refractivity contribution in [1.82, 2.24) is 10.3 Å². The zero-order valence-electron chi connectivity index (χ0n) is 8.99. The fraction of sp³-hybridized carbons (Fsp3) is 0.700. The van der Waals surface area contributed by atoms with E-state index in [0.717, 1.165) is 6.54 Å². The third kappa shape index (κ3) is 3.98. The molecule has 2 unspecified atom stereocenters. The Morgan fingerprint density at radius 3 is 2.93 bits per heavy atom. The minimum absolute atomic E-state index is 0.545. The molecule has 0 aliphatic heterocycles. The average Bonchev–Trinajstić information content (AvgIpc) is 2.66. The maximum Gasteiger partial charge on any atom is 0.150 e. The van der Waals surface area contributed by atoms with Gasteiger partial charge in [-0.3, -0.25) is 0 Å². The topological polar surface area (TPSA) is 24.9 Å². The standard InChI is InChI=1S/C10H18N2S2/c1-4-5-11-8(2)9(3)14-10-12-6-7-13-10/h6-9,11H,4-5H2,1-3H3. The Morgan fingerprint density at radius 2 is 2.36 bits per heavy atom. The molecule has 1 rings (SSSR count). The highest BCUT2D eigenvalue weighted by Crippen LogP contribution is 2.26. The molecule has 0 saturated heterocycles. The lowest BCUT2D eigenvalue weighted by Crippen LogP contribution is -2.34. The quantitative estimate of drug-likeness (QED) is 0.760. The fourth-order valence-corrected chi connectivity index (χ4v) is 3.01. The number of hydrogen-bond donors (Lipinski definition) is 1. The SMILES string of the molecule is CCCNC(C)C(C)Sc1nccs1. The summed E-state index contributed by atoms with van der Waals surface area (Å²) in [5.74, 6) is 0. The Hall–Kier alpha value is -0.0600. The van der Waals surface area contributed by atoms with E-state index in [-0.39, 0.29) is 0 Å². The van der Waals surface area contributed by atoms with Crippen LogP contribution in [0.5, 0.6) is 0 Å². The van der Waals surface area contributed by atoms with E-state index in [9.17, 15) is 0 Å². The third-order valence-corrected chi connectivity index (χ3v) is 4.35. The highest BCUT2D eigenvalue weighted by Gasteiger charge is 2.13. The summed E-state index contributed by atoms with van der Waals surface area (Å²) in [4.78, 5) is 4.27. The highest BCUT2D eigenvalue weighted by molar-refractivity contribution is 8.01. The van der Waals surface area contributed by atoms with Crippen molar-refractivity contribution < 1.29 is 0 Å². The molecule has 2 atom stereocenters. The summed E-state index contributed by atoms with van der Waals surface area (Å²) in [6, 6.07) is 0.545. The zero-order valence-corrected chi connectivity index (χ0v) is 10.6. The largest absolute Gasteiger partial charge is 0.313 e. The van der Waals surface area contributed by atoms with Crippen LogP contribution in [0, 0.1) is 0 Å². The first-order valence-corrected chi connectivity index (χ1v) is 6.79. The molecule has 0 aliphatic rings. The predicted molar refractivity (Wildman–Crippen MR) is 65.2 cm³/mol. The molecule has 0 aliphatic carbocycles. The van der Waals surface area contributed by atoms with Crippen LogP contribution in [-0.2, 0) is 0 Å². The molecule has 0 saturated carbocycles. The lowest BCUT2D eigenvalue weighted by Gasteiger charge is -2.19. The summed E-state index contributed by atoms with van der Waals surface area (Å²) in [5.41, 5.74) is 0. The molecule has 0 radical (unpaired) electrons. The maximum absolute atomic E-state index is 4.27. The number of thioether (sulfide) groups is 1. The summed E-state index contributed by atoms with van der Waals surface area (Å²) in [6.45, 7) is 7.78. The van der Waals surface area contributed by atoms with E-state index in [2.05, 4.69) is 31.1 Å². The van der Waals surface area contributed by atoms with Crippen LogP contribution < -0.4 is 5.32 Å². The van der Waals surface area contributed by atoms with Crippen molar-refractivity contribution in [3.8, 4) is 0 Å². The van der Waals surface area contributed by atoms with E-state index in [4.69, 9.17) is 0 Å². The van der Waals surface area contributed by atoms with Crippen molar-refractivity contribution in [3.63, 3.8) is 0 Å². The van der Waals surface area contributed by atoms with Gasteiger partial charge in [0.2, 0.25) is 0 Å². The summed E-state index contributed by atoms with van der Waals surface area (Å²) < 4.78 is 1.17. The third-order valence-electron chi connectivity index (χ3n) is 2.12. The molecule has 2 nitrogen and oxygen atoms in total. The monoisotopic (exact) mass is 230 g/mol. The van der Waals surface area contributed by atoms with Crippen molar-refractivity contribution in [2.45, 2.75) is 42.8 Å². The Balaban J connectivity index is 2.30. The Bertz CT molecular complexity index is 236. The fourth-order valence-electron chi connectivity index (χ4n) is 1.07. The van der Waals surface area contributed by atoms with Crippen LogP contribution in [0.1, 0.15) is 27.2 Å². The van der Waals surface area contributed by atoms with Gasteiger partial charge in [-0.25, -0.2) is 4.98 Å². The lowest BCUT2D eigenvalue weighted by atomic mass is 10.2. The van der Waals surface area contributed by atoms with Gasteiger partial charge in [-0.15, -0.1) is 11.3 Å². The molecule has 0 aromatic carbocycles. The van der Waals surface area contributed by atoms with Crippen molar-refractivity contribution in [2.24, 2.45) is 0 Å². The highest BCUT2D eigenvalue weighted by atomic mass is 32.2. The van der Waals surface area contributed by atoms with E-state index < -0.39 is 0 Å². The lowest BCUT2D eigenvalue weighted by molar-refractivity contribution is 0.542. The number of hydrogen-bond acceptors (Lipinski definition) is 4. The molecule has 4 heteroatoms. The van der Waals surface area contributed by atoms with Crippen LogP contribution in [-0.4, -0.2) is 22.8 Å². The van der Waals surface area contributed by atoms with Crippen molar-refractivity contribution >= 4 is 23.1 Å². The van der Waals surface area contributed by atoms with Gasteiger partial charge in [-0.1, -0.05) is 25.6 Å². The number of thiazole rings is 1. The van der Waals surface area contributed by atoms with Gasteiger partial charge in [0.1, 0.15) is 4.34 Å². The van der Waals surface area contributed by atoms with Crippen molar-refractivity contribution in [2.75, 3.05) is 6.54 Å². The molecule has 14 heavy (non-hydrogen) atoms. The first kappa shape index (κ1) is 12.0. The van der Waals surface area contributed by atoms with Crippen LogP contribution in [0.4, 0.5) is 0 Å². The van der Waals surface area contributed by atoms with Crippen molar-refractivity contribution in [1.29, 1.82) is 0 Å². The van der Waals surface area contributed by atoms with E-state index in [1.54, 1.807) is 11.3 Å². The molecular formula is C10H18N2S2. The minimum atomic E-state index is 0.545. The van der Waals surface area contributed by atoms with Gasteiger partial charge in [-0.2, -0.15) is 0 Å². The molecule has 0 amide bonds. The first-order chi connectivity index (χ1) is 6.74. The normalized spacial score (nSPS) is 15.4. The van der Waals surface area contributed by atoms with Crippen LogP contribution in [0.15, 0.2) is 15.9 Å². The van der Waals surface area contributed by atoms with Gasteiger partial charge in [0.15, 0.2) is 0 Å². The zero-order chi connectivity index (χ0) is 10.4. The molecule has 0 fully saturated rings. The predicted octanol–water partition coefficient (Wildman–Crippen LogP) is 3.01. The van der Waals surface area contributed by atoms with Crippen LogP contribution >= 0.6 is 23.1 Å². The van der Waals surface area contributed by atoms with Gasteiger partial charge in [0.05, 0.1) is 0 Å². The number of nitrogens with zero attached hydrogens (tertiary/aromatic N) is 1. The number of aromatic nitrogens is 1. The van der Waals surface area contributed by atoms with Gasteiger partial charge in [0, 0.05) is 22.9 Å². The maximum atomic E-state index is 4.27. The molecule has 1 aromatic rings. The molecule has 80 valence electrons. The molecular weight excluding hydrogens is 212 g/mol. The number of nitrogens with one attached hydrogen (secondary N) is 1. The smallest absolute Gasteiger partial charge is 0.150 e. The van der Waals surface area contributed by atoms with Crippen LogP contribution in [0.25, 0.3) is 0 Å². The second-order valence-corrected chi connectivity index (χ2v) is 5.88. The van der Waals surface area contributed by atoms with Gasteiger partial charge < -0.3 is 5.32 Å². The second-order valence-electron chi connectivity index (χ2n) is 3.36. The van der Waals surface area contributed by atoms with E-state index in [1.165, 1.54) is 10.8 Å². The van der Waals surface area contributed by atoms with E-state index >= 15 is 0 Å². The summed E-state index contributed by atoms with van der Waals surface area (Å²) in [6.07, 6.45) is 3.06. The minimum Gasteiger partial charge on any atom is -0.313 e. The van der Waals surface area contributed by atoms with Gasteiger partial charge in [0.25, 0.3) is 0 Å². The molecule has 1 heterocycles. The van der Waals surface area contributed by atoms with Gasteiger partial charge in [-0.05, 0) is 19.9 Å². The molecule has 0 spiro atoms. The van der Waals surface area contributed by atoms with Crippen LogP contribution in [0.2, 0.25) is 0 Å². The Morgan fingerprint density at radius 1 is 1.57 bits per heavy atom. The Kier molecular flexibility index (Phi) is 5.52. The summed E-state index contributed by atoms with van der Waals surface area (Å²) in [7, 11) is 0. The summed E-state index contributed by atoms with van der Waals surface area (Å²) >= 11 is 3.57. The first-order valence-electron chi connectivity index (χ1n) is 5.03. The number of rotatable bonds is 6. The second kappa shape index (κ2) is 6.43. The van der Waals surface area contributed by atoms with Crippen LogP contribution in [0.3, 0.4) is 0 Å². The Labute approximate surface area is 94.5 Å². The van der Waals surface area contributed by atoms with Gasteiger partial charge >= 0.3 is 0 Å². The summed E-state index contributed by atoms with van der Waals surface area (Å²) in [5, 5.41) is 6.10. The molecule has 1 N–H and O–H groups in total. The van der Waals surface area contributed by atoms with E-state index in [1.807, 2.05) is 23.3 Å². The average molecular weight is 230 g/mol. The molecule has 1 aromatic heterocycles. The van der Waals surface area contributed by atoms with Crippen molar-refractivity contribution in [3.05, 3.63) is 11.6 Å². The molecule has 0 bridgehead atoms.